The number of benzene rings is 2. The van der Waals surface area contributed by atoms with Gasteiger partial charge in [0, 0.05) is 31.9 Å². The molecule has 3 aromatic rings. The molecule has 0 saturated heterocycles. The average Bonchev–Trinajstić information content (AvgIpc) is 3.27. The Bertz CT molecular complexity index is 1140. The van der Waals surface area contributed by atoms with Crippen LogP contribution in [0, 0.1) is 0 Å². The topological polar surface area (TPSA) is 109 Å². The average molecular weight is 427 g/mol. The first kappa shape index (κ1) is 21.3. The summed E-state index contributed by atoms with van der Waals surface area (Å²) in [7, 11) is -0.560. The first-order valence-electron chi connectivity index (χ1n) is 9.02. The largest absolute Gasteiger partial charge is 0.459 e. The lowest BCUT2D eigenvalue weighted by molar-refractivity contribution is 0.0949. The third kappa shape index (κ3) is 4.94. The van der Waals surface area contributed by atoms with Crippen LogP contribution >= 0.6 is 0 Å². The number of furan rings is 1. The van der Waals surface area contributed by atoms with E-state index >= 15 is 0 Å². The molecule has 2 amide bonds. The molecule has 8 nitrogen and oxygen atoms in total. The Morgan fingerprint density at radius 2 is 1.70 bits per heavy atom. The molecule has 0 radical (unpaired) electrons. The highest BCUT2D eigenvalue weighted by Gasteiger charge is 2.16. The van der Waals surface area contributed by atoms with Gasteiger partial charge >= 0.3 is 0 Å². The van der Waals surface area contributed by atoms with Crippen molar-refractivity contribution in [2.24, 2.45) is 0 Å². The van der Waals surface area contributed by atoms with Gasteiger partial charge in [-0.15, -0.1) is 0 Å². The highest BCUT2D eigenvalue weighted by Crippen LogP contribution is 2.15. The van der Waals surface area contributed by atoms with Gasteiger partial charge in [0.05, 0.1) is 11.2 Å². The number of nitrogens with zero attached hydrogens (tertiary/aromatic N) is 1. The summed E-state index contributed by atoms with van der Waals surface area (Å²) >= 11 is 0. The fourth-order valence-electron chi connectivity index (χ4n) is 2.61. The molecule has 0 atom stereocenters. The van der Waals surface area contributed by atoms with Gasteiger partial charge in [-0.1, -0.05) is 18.2 Å². The Hall–Kier alpha value is -3.43. The number of carbonyl (C=O) groups is 2. The summed E-state index contributed by atoms with van der Waals surface area (Å²) in [5.41, 5.74) is 1.59. The summed E-state index contributed by atoms with van der Waals surface area (Å²) in [6.07, 6.45) is 1.40. The lowest BCUT2D eigenvalue weighted by Crippen LogP contribution is -2.23. The van der Waals surface area contributed by atoms with Gasteiger partial charge in [0.25, 0.3) is 11.8 Å². The number of amides is 2. The maximum absolute atomic E-state index is 12.5. The van der Waals surface area contributed by atoms with Gasteiger partial charge in [0.15, 0.2) is 5.76 Å². The molecule has 156 valence electrons. The van der Waals surface area contributed by atoms with Gasteiger partial charge in [-0.3, -0.25) is 9.59 Å². The van der Waals surface area contributed by atoms with Crippen LogP contribution in [0.2, 0.25) is 0 Å². The standard InChI is InChI=1S/C21H21N3O5S/c1-24(2)30(27,28)18-10-8-15(9-11-18)14-22-20(25)16-5-3-6-17(13-16)23-21(26)19-7-4-12-29-19/h3-13H,14H2,1-2H3,(H,22,25)(H,23,26). The van der Waals surface area contributed by atoms with Gasteiger partial charge in [0.2, 0.25) is 10.0 Å². The molecule has 0 bridgehead atoms. The van der Waals surface area contributed by atoms with Crippen molar-refractivity contribution in [3.63, 3.8) is 0 Å². The van der Waals surface area contributed by atoms with Crippen molar-refractivity contribution in [3.05, 3.63) is 83.8 Å². The van der Waals surface area contributed by atoms with E-state index in [1.54, 1.807) is 48.5 Å². The van der Waals surface area contributed by atoms with Crippen molar-refractivity contribution in [1.29, 1.82) is 0 Å². The number of hydrogen-bond donors (Lipinski definition) is 2. The Kier molecular flexibility index (Phi) is 6.34. The zero-order valence-electron chi connectivity index (χ0n) is 16.5. The van der Waals surface area contributed by atoms with Crippen molar-refractivity contribution >= 4 is 27.5 Å². The molecular weight excluding hydrogens is 406 g/mol. The molecule has 0 aliphatic carbocycles. The number of anilines is 1. The summed E-state index contributed by atoms with van der Waals surface area (Å²) in [5.74, 6) is -0.566. The summed E-state index contributed by atoms with van der Waals surface area (Å²) in [6.45, 7) is 0.226. The summed E-state index contributed by atoms with van der Waals surface area (Å²) in [5, 5.41) is 5.44. The first-order valence-corrected chi connectivity index (χ1v) is 10.5. The van der Waals surface area contributed by atoms with Crippen LogP contribution in [-0.4, -0.2) is 38.6 Å². The van der Waals surface area contributed by atoms with E-state index in [-0.39, 0.29) is 23.1 Å². The van der Waals surface area contributed by atoms with Gasteiger partial charge < -0.3 is 15.1 Å². The second-order valence-electron chi connectivity index (χ2n) is 6.63. The van der Waals surface area contributed by atoms with Crippen LogP contribution in [0.4, 0.5) is 5.69 Å². The minimum Gasteiger partial charge on any atom is -0.459 e. The molecule has 0 saturated carbocycles. The molecule has 1 heterocycles. The molecule has 9 heteroatoms. The van der Waals surface area contributed by atoms with E-state index in [0.29, 0.717) is 11.3 Å². The second-order valence-corrected chi connectivity index (χ2v) is 8.78. The zero-order chi connectivity index (χ0) is 21.7. The van der Waals surface area contributed by atoms with E-state index in [4.69, 9.17) is 4.42 Å². The summed E-state index contributed by atoms with van der Waals surface area (Å²) in [4.78, 5) is 24.7. The maximum atomic E-state index is 12.5. The van der Waals surface area contributed by atoms with Gasteiger partial charge in [-0.05, 0) is 48.0 Å². The lowest BCUT2D eigenvalue weighted by atomic mass is 10.1. The predicted octanol–water partition coefficient (Wildman–Crippen LogP) is 2.71. The number of sulfonamides is 1. The van der Waals surface area contributed by atoms with Gasteiger partial charge in [-0.2, -0.15) is 0 Å². The Morgan fingerprint density at radius 1 is 0.967 bits per heavy atom. The molecular formula is C21H21N3O5S. The van der Waals surface area contributed by atoms with Crippen molar-refractivity contribution in [3.8, 4) is 0 Å². The van der Waals surface area contributed by atoms with Crippen LogP contribution in [-0.2, 0) is 16.6 Å². The van der Waals surface area contributed by atoms with E-state index < -0.39 is 15.9 Å². The third-order valence-corrected chi connectivity index (χ3v) is 6.11. The molecule has 0 aliphatic rings. The number of nitrogens with one attached hydrogen (secondary N) is 2. The Labute approximate surface area is 174 Å². The maximum Gasteiger partial charge on any atom is 0.291 e. The molecule has 0 aliphatic heterocycles. The van der Waals surface area contributed by atoms with E-state index in [0.717, 1.165) is 9.87 Å². The van der Waals surface area contributed by atoms with Gasteiger partial charge in [-0.25, -0.2) is 12.7 Å². The Morgan fingerprint density at radius 3 is 2.33 bits per heavy atom. The van der Waals surface area contributed by atoms with Crippen LogP contribution in [0.5, 0.6) is 0 Å². The third-order valence-electron chi connectivity index (χ3n) is 4.28. The van der Waals surface area contributed by atoms with Crippen molar-refractivity contribution in [2.75, 3.05) is 19.4 Å². The SMILES string of the molecule is CN(C)S(=O)(=O)c1ccc(CNC(=O)c2cccc(NC(=O)c3ccco3)c2)cc1. The smallest absolute Gasteiger partial charge is 0.291 e. The van der Waals surface area contributed by atoms with E-state index in [1.165, 1.54) is 32.5 Å². The van der Waals surface area contributed by atoms with Crippen molar-refractivity contribution in [2.45, 2.75) is 11.4 Å². The van der Waals surface area contributed by atoms with Crippen molar-refractivity contribution < 1.29 is 22.4 Å². The van der Waals surface area contributed by atoms with E-state index in [9.17, 15) is 18.0 Å². The number of hydrogen-bond acceptors (Lipinski definition) is 5. The lowest BCUT2D eigenvalue weighted by Gasteiger charge is -2.12. The van der Waals surface area contributed by atoms with Crippen LogP contribution in [0.1, 0.15) is 26.5 Å². The molecule has 30 heavy (non-hydrogen) atoms. The minimum absolute atomic E-state index is 0.171. The fraction of sp³-hybridized carbons (Fsp3) is 0.143. The zero-order valence-corrected chi connectivity index (χ0v) is 17.3. The van der Waals surface area contributed by atoms with E-state index in [1.807, 2.05) is 0 Å². The van der Waals surface area contributed by atoms with E-state index in [2.05, 4.69) is 10.6 Å². The molecule has 0 fully saturated rings. The van der Waals surface area contributed by atoms with Gasteiger partial charge in [0.1, 0.15) is 0 Å². The Balaban J connectivity index is 1.62. The normalized spacial score (nSPS) is 11.3. The molecule has 3 rings (SSSR count). The first-order chi connectivity index (χ1) is 14.3. The molecule has 0 unspecified atom stereocenters. The number of carbonyl (C=O) groups excluding carboxylic acids is 2. The van der Waals surface area contributed by atoms with Crippen molar-refractivity contribution in [1.82, 2.24) is 9.62 Å². The molecule has 0 spiro atoms. The highest BCUT2D eigenvalue weighted by atomic mass is 32.2. The molecule has 2 N–H and O–H groups in total. The quantitative estimate of drug-likeness (QED) is 0.603. The summed E-state index contributed by atoms with van der Waals surface area (Å²) in [6, 6.07) is 16.0. The summed E-state index contributed by atoms with van der Waals surface area (Å²) < 4.78 is 30.4. The minimum atomic E-state index is -3.49. The number of rotatable bonds is 7. The van der Waals surface area contributed by atoms with Crippen LogP contribution in [0.3, 0.4) is 0 Å². The van der Waals surface area contributed by atoms with Crippen LogP contribution in [0.15, 0.2) is 76.2 Å². The predicted molar refractivity (Wildman–Crippen MR) is 112 cm³/mol. The fourth-order valence-corrected chi connectivity index (χ4v) is 3.51. The van der Waals surface area contributed by atoms with Crippen LogP contribution < -0.4 is 10.6 Å². The monoisotopic (exact) mass is 427 g/mol. The molecule has 1 aromatic heterocycles. The molecule has 2 aromatic carbocycles. The van der Waals surface area contributed by atoms with Crippen LogP contribution in [0.25, 0.3) is 0 Å². The second kappa shape index (κ2) is 8.93. The highest BCUT2D eigenvalue weighted by molar-refractivity contribution is 7.89.